The monoisotopic (exact) mass is 310 g/mol. The number of halogens is 3. The maximum absolute atomic E-state index is 12.6. The molecular weight excluding hydrogens is 293 g/mol. The lowest BCUT2D eigenvalue weighted by Gasteiger charge is -2.27. The first-order valence-corrected chi connectivity index (χ1v) is 7.34. The minimum Gasteiger partial charge on any atom is -0.398 e. The van der Waals surface area contributed by atoms with Crippen LogP contribution in [0.2, 0.25) is 0 Å². The molecular formula is C12H17F3N2O2S. The fourth-order valence-corrected chi connectivity index (χ4v) is 3.64. The van der Waals surface area contributed by atoms with Crippen LogP contribution in [0.1, 0.15) is 19.4 Å². The Labute approximate surface area is 116 Å². The maximum Gasteiger partial charge on any atom is 0.402 e. The molecule has 8 heteroatoms. The number of nitrogens with two attached hydrogens (primary N) is 1. The summed E-state index contributed by atoms with van der Waals surface area (Å²) in [4.78, 5) is -0.199. The molecule has 1 aromatic carbocycles. The van der Waals surface area contributed by atoms with Crippen molar-refractivity contribution in [1.82, 2.24) is 4.31 Å². The second kappa shape index (κ2) is 5.61. The number of nitrogen functional groups attached to an aromatic ring is 1. The molecule has 0 amide bonds. The quantitative estimate of drug-likeness (QED) is 0.869. The molecule has 20 heavy (non-hydrogen) atoms. The van der Waals surface area contributed by atoms with E-state index in [4.69, 9.17) is 5.73 Å². The Kier molecular flexibility index (Phi) is 4.70. The highest BCUT2D eigenvalue weighted by atomic mass is 32.2. The van der Waals surface area contributed by atoms with Crippen LogP contribution in [0.3, 0.4) is 0 Å². The molecule has 114 valence electrons. The van der Waals surface area contributed by atoms with E-state index in [9.17, 15) is 21.6 Å². The second-order valence-corrected chi connectivity index (χ2v) is 6.59. The van der Waals surface area contributed by atoms with Gasteiger partial charge < -0.3 is 5.73 Å². The van der Waals surface area contributed by atoms with Crippen molar-refractivity contribution < 1.29 is 21.6 Å². The third-order valence-electron chi connectivity index (χ3n) is 2.82. The van der Waals surface area contributed by atoms with Gasteiger partial charge in [-0.3, -0.25) is 0 Å². The summed E-state index contributed by atoms with van der Waals surface area (Å²) in [6.07, 6.45) is -4.61. The molecule has 0 spiro atoms. The van der Waals surface area contributed by atoms with Crippen LogP contribution in [-0.2, 0) is 10.0 Å². The van der Waals surface area contributed by atoms with Crippen molar-refractivity contribution >= 4 is 15.7 Å². The molecule has 0 aliphatic rings. The van der Waals surface area contributed by atoms with Gasteiger partial charge in [-0.2, -0.15) is 17.5 Å². The third-order valence-corrected chi connectivity index (χ3v) is 4.99. The molecule has 0 aliphatic carbocycles. The largest absolute Gasteiger partial charge is 0.402 e. The summed E-state index contributed by atoms with van der Waals surface area (Å²) < 4.78 is 62.9. The molecule has 0 fully saturated rings. The summed E-state index contributed by atoms with van der Waals surface area (Å²) in [6.45, 7) is 2.73. The van der Waals surface area contributed by atoms with Gasteiger partial charge in [0.15, 0.2) is 0 Å². The standard InChI is InChI=1S/C12H17F3N2O2S/c1-8(2)17(7-12(13,14)15)20(18,19)11-6-4-5-10(16)9(11)3/h4-6,8H,7,16H2,1-3H3. The van der Waals surface area contributed by atoms with Gasteiger partial charge in [-0.05, 0) is 38.5 Å². The fraction of sp³-hybridized carbons (Fsp3) is 0.500. The SMILES string of the molecule is Cc1c(N)cccc1S(=O)(=O)N(CC(F)(F)F)C(C)C. The molecule has 0 bridgehead atoms. The van der Waals surface area contributed by atoms with Gasteiger partial charge in [0.25, 0.3) is 0 Å². The van der Waals surface area contributed by atoms with Crippen LogP contribution in [-0.4, -0.2) is 31.5 Å². The molecule has 1 rings (SSSR count). The lowest BCUT2D eigenvalue weighted by molar-refractivity contribution is -0.138. The first kappa shape index (κ1) is 16.8. The molecule has 0 unspecified atom stereocenters. The van der Waals surface area contributed by atoms with E-state index in [0.717, 1.165) is 0 Å². The Morgan fingerprint density at radius 2 is 1.85 bits per heavy atom. The van der Waals surface area contributed by atoms with Crippen molar-refractivity contribution in [3.8, 4) is 0 Å². The van der Waals surface area contributed by atoms with Crippen LogP contribution in [0.25, 0.3) is 0 Å². The number of hydrogen-bond acceptors (Lipinski definition) is 3. The maximum atomic E-state index is 12.6. The number of sulfonamides is 1. The van der Waals surface area contributed by atoms with Gasteiger partial charge in [0.05, 0.1) is 4.90 Å². The zero-order valence-corrected chi connectivity index (χ0v) is 12.2. The van der Waals surface area contributed by atoms with E-state index < -0.39 is 28.8 Å². The first-order valence-electron chi connectivity index (χ1n) is 5.90. The van der Waals surface area contributed by atoms with Gasteiger partial charge in [-0.25, -0.2) is 8.42 Å². The van der Waals surface area contributed by atoms with Crippen LogP contribution >= 0.6 is 0 Å². The molecule has 2 N–H and O–H groups in total. The topological polar surface area (TPSA) is 63.4 Å². The molecule has 0 atom stereocenters. The minimum atomic E-state index is -4.61. The molecule has 4 nitrogen and oxygen atoms in total. The van der Waals surface area contributed by atoms with Crippen LogP contribution in [0.5, 0.6) is 0 Å². The zero-order chi connectivity index (χ0) is 15.7. The van der Waals surface area contributed by atoms with Crippen LogP contribution in [0.4, 0.5) is 18.9 Å². The summed E-state index contributed by atoms with van der Waals surface area (Å²) in [5.41, 5.74) is 6.09. The predicted molar refractivity (Wildman–Crippen MR) is 70.7 cm³/mol. The van der Waals surface area contributed by atoms with Gasteiger partial charge in [0.1, 0.15) is 6.54 Å². The number of hydrogen-bond donors (Lipinski definition) is 1. The lowest BCUT2D eigenvalue weighted by atomic mass is 10.2. The normalized spacial score (nSPS) is 13.2. The number of alkyl halides is 3. The van der Waals surface area contributed by atoms with Crippen LogP contribution < -0.4 is 5.73 Å². The van der Waals surface area contributed by atoms with Gasteiger partial charge in [0.2, 0.25) is 10.0 Å². The Bertz CT molecular complexity index is 583. The smallest absolute Gasteiger partial charge is 0.398 e. The molecule has 0 aliphatic heterocycles. The highest BCUT2D eigenvalue weighted by molar-refractivity contribution is 7.89. The minimum absolute atomic E-state index is 0.199. The summed E-state index contributed by atoms with van der Waals surface area (Å²) in [7, 11) is -4.25. The Morgan fingerprint density at radius 3 is 2.30 bits per heavy atom. The predicted octanol–water partition coefficient (Wildman–Crippen LogP) is 2.54. The molecule has 0 radical (unpaired) electrons. The number of benzene rings is 1. The summed E-state index contributed by atoms with van der Waals surface area (Å²) in [5, 5.41) is 0. The average molecular weight is 310 g/mol. The van der Waals surface area contributed by atoms with E-state index in [0.29, 0.717) is 4.31 Å². The summed E-state index contributed by atoms with van der Waals surface area (Å²) in [6, 6.07) is 3.34. The third kappa shape index (κ3) is 3.63. The second-order valence-electron chi connectivity index (χ2n) is 4.73. The van der Waals surface area contributed by atoms with E-state index in [1.807, 2.05) is 0 Å². The van der Waals surface area contributed by atoms with Crippen molar-refractivity contribution in [2.24, 2.45) is 0 Å². The van der Waals surface area contributed by atoms with Gasteiger partial charge in [-0.1, -0.05) is 6.07 Å². The van der Waals surface area contributed by atoms with Gasteiger partial charge in [-0.15, -0.1) is 0 Å². The van der Waals surface area contributed by atoms with Crippen LogP contribution in [0, 0.1) is 6.92 Å². The lowest BCUT2D eigenvalue weighted by Crippen LogP contribution is -2.43. The zero-order valence-electron chi connectivity index (χ0n) is 11.4. The number of nitrogens with zero attached hydrogens (tertiary/aromatic N) is 1. The Balaban J connectivity index is 3.34. The van der Waals surface area contributed by atoms with Crippen LogP contribution in [0.15, 0.2) is 23.1 Å². The van der Waals surface area contributed by atoms with E-state index >= 15 is 0 Å². The van der Waals surface area contributed by atoms with E-state index in [2.05, 4.69) is 0 Å². The fourth-order valence-electron chi connectivity index (χ4n) is 1.76. The average Bonchev–Trinajstić information content (AvgIpc) is 2.27. The molecule has 0 saturated carbocycles. The molecule has 1 aromatic rings. The van der Waals surface area contributed by atoms with E-state index in [1.165, 1.54) is 39.0 Å². The van der Waals surface area contributed by atoms with E-state index in [1.54, 1.807) is 0 Å². The van der Waals surface area contributed by atoms with E-state index in [-0.39, 0.29) is 16.1 Å². The van der Waals surface area contributed by atoms with Crippen molar-refractivity contribution in [1.29, 1.82) is 0 Å². The van der Waals surface area contributed by atoms with Gasteiger partial charge >= 0.3 is 6.18 Å². The Hall–Kier alpha value is -1.28. The molecule has 0 saturated heterocycles. The van der Waals surface area contributed by atoms with Crippen molar-refractivity contribution in [3.05, 3.63) is 23.8 Å². The van der Waals surface area contributed by atoms with Crippen molar-refractivity contribution in [2.45, 2.75) is 37.9 Å². The van der Waals surface area contributed by atoms with Crippen molar-refractivity contribution in [2.75, 3.05) is 12.3 Å². The molecule has 0 aromatic heterocycles. The number of anilines is 1. The number of rotatable bonds is 4. The first-order chi connectivity index (χ1) is 8.97. The summed E-state index contributed by atoms with van der Waals surface area (Å²) in [5.74, 6) is 0. The van der Waals surface area contributed by atoms with Gasteiger partial charge in [0, 0.05) is 11.7 Å². The Morgan fingerprint density at radius 1 is 1.30 bits per heavy atom. The van der Waals surface area contributed by atoms with Crippen molar-refractivity contribution in [3.63, 3.8) is 0 Å². The molecule has 0 heterocycles. The summed E-state index contributed by atoms with van der Waals surface area (Å²) >= 11 is 0. The highest BCUT2D eigenvalue weighted by Gasteiger charge is 2.39. The highest BCUT2D eigenvalue weighted by Crippen LogP contribution is 2.28.